The molecule has 1 fully saturated rings. The standard InChI is InChI=1S/C15H18N4O3/c1-10-5-6-14(18-17-10)21-12-4-3-7-19(9-12)15(20)13-8-16-22-11(13)2/h5-6,8,12H,3-4,7,9H2,1-2H3/t12-/m0/s1. The van der Waals surface area contributed by atoms with Crippen LogP contribution in [0.15, 0.2) is 22.9 Å². The fraction of sp³-hybridized carbons (Fsp3) is 0.467. The molecule has 116 valence electrons. The van der Waals surface area contributed by atoms with Crippen molar-refractivity contribution in [3.05, 3.63) is 35.3 Å². The maximum atomic E-state index is 12.5. The Hall–Kier alpha value is -2.44. The first-order chi connectivity index (χ1) is 10.6. The Bertz CT molecular complexity index is 653. The molecule has 1 amide bonds. The Kier molecular flexibility index (Phi) is 4.04. The van der Waals surface area contributed by atoms with E-state index in [1.165, 1.54) is 6.20 Å². The van der Waals surface area contributed by atoms with E-state index in [2.05, 4.69) is 15.4 Å². The number of carbonyl (C=O) groups excluding carboxylic acids is 1. The van der Waals surface area contributed by atoms with Gasteiger partial charge in [0, 0.05) is 12.6 Å². The highest BCUT2D eigenvalue weighted by Gasteiger charge is 2.27. The molecule has 1 aliphatic rings. The van der Waals surface area contributed by atoms with Crippen LogP contribution in [0, 0.1) is 13.8 Å². The summed E-state index contributed by atoms with van der Waals surface area (Å²) in [5.74, 6) is 0.963. The van der Waals surface area contributed by atoms with Crippen molar-refractivity contribution in [2.75, 3.05) is 13.1 Å². The molecular formula is C15H18N4O3. The number of nitrogens with zero attached hydrogens (tertiary/aromatic N) is 4. The van der Waals surface area contributed by atoms with Gasteiger partial charge in [0.15, 0.2) is 0 Å². The summed E-state index contributed by atoms with van der Waals surface area (Å²) in [4.78, 5) is 14.2. The van der Waals surface area contributed by atoms with Gasteiger partial charge in [-0.25, -0.2) is 0 Å². The van der Waals surface area contributed by atoms with Gasteiger partial charge in [-0.05, 0) is 32.8 Å². The van der Waals surface area contributed by atoms with Crippen molar-refractivity contribution in [1.29, 1.82) is 0 Å². The third-order valence-corrected chi connectivity index (χ3v) is 3.71. The quantitative estimate of drug-likeness (QED) is 0.859. The van der Waals surface area contributed by atoms with Gasteiger partial charge in [-0.3, -0.25) is 4.79 Å². The smallest absolute Gasteiger partial charge is 0.259 e. The summed E-state index contributed by atoms with van der Waals surface area (Å²) >= 11 is 0. The van der Waals surface area contributed by atoms with Gasteiger partial charge in [-0.1, -0.05) is 5.16 Å². The van der Waals surface area contributed by atoms with Gasteiger partial charge >= 0.3 is 0 Å². The number of piperidine rings is 1. The van der Waals surface area contributed by atoms with Crippen LogP contribution in [0.3, 0.4) is 0 Å². The molecule has 1 saturated heterocycles. The number of hydrogen-bond acceptors (Lipinski definition) is 6. The van der Waals surface area contributed by atoms with E-state index in [1.54, 1.807) is 17.9 Å². The summed E-state index contributed by atoms with van der Waals surface area (Å²) in [5.41, 5.74) is 1.35. The predicted octanol–water partition coefficient (Wildman–Crippen LogP) is 1.77. The Balaban J connectivity index is 1.65. The molecule has 22 heavy (non-hydrogen) atoms. The summed E-state index contributed by atoms with van der Waals surface area (Å²) in [6, 6.07) is 3.65. The van der Waals surface area contributed by atoms with Crippen LogP contribution in [-0.4, -0.2) is 45.4 Å². The lowest BCUT2D eigenvalue weighted by Crippen LogP contribution is -2.44. The van der Waals surface area contributed by atoms with Crippen molar-refractivity contribution >= 4 is 5.91 Å². The van der Waals surface area contributed by atoms with E-state index in [1.807, 2.05) is 13.0 Å². The number of likely N-dealkylation sites (tertiary alicyclic amines) is 1. The van der Waals surface area contributed by atoms with Crippen LogP contribution in [0.1, 0.15) is 34.7 Å². The summed E-state index contributed by atoms with van der Waals surface area (Å²) in [7, 11) is 0. The monoisotopic (exact) mass is 302 g/mol. The Morgan fingerprint density at radius 2 is 2.23 bits per heavy atom. The molecule has 0 radical (unpaired) electrons. The minimum Gasteiger partial charge on any atom is -0.471 e. The van der Waals surface area contributed by atoms with E-state index >= 15 is 0 Å². The number of carbonyl (C=O) groups is 1. The van der Waals surface area contributed by atoms with E-state index in [-0.39, 0.29) is 12.0 Å². The molecular weight excluding hydrogens is 284 g/mol. The third-order valence-electron chi connectivity index (χ3n) is 3.71. The highest BCUT2D eigenvalue weighted by atomic mass is 16.5. The predicted molar refractivity (Wildman–Crippen MR) is 77.6 cm³/mol. The van der Waals surface area contributed by atoms with Crippen LogP contribution < -0.4 is 4.74 Å². The fourth-order valence-electron chi connectivity index (χ4n) is 2.51. The molecule has 7 heteroatoms. The van der Waals surface area contributed by atoms with Gasteiger partial charge in [0.05, 0.1) is 18.4 Å². The molecule has 1 atom stereocenters. The second-order valence-corrected chi connectivity index (χ2v) is 5.44. The fourth-order valence-corrected chi connectivity index (χ4v) is 2.51. The van der Waals surface area contributed by atoms with Crippen LogP contribution in [-0.2, 0) is 0 Å². The van der Waals surface area contributed by atoms with Crippen molar-refractivity contribution in [2.24, 2.45) is 0 Å². The maximum absolute atomic E-state index is 12.5. The molecule has 2 aromatic rings. The second-order valence-electron chi connectivity index (χ2n) is 5.44. The number of aromatic nitrogens is 3. The maximum Gasteiger partial charge on any atom is 0.259 e. The molecule has 2 aromatic heterocycles. The highest BCUT2D eigenvalue weighted by Crippen LogP contribution is 2.19. The van der Waals surface area contributed by atoms with Crippen molar-refractivity contribution in [2.45, 2.75) is 32.8 Å². The number of hydrogen-bond donors (Lipinski definition) is 0. The number of aryl methyl sites for hydroxylation is 2. The number of amides is 1. The van der Waals surface area contributed by atoms with Crippen molar-refractivity contribution in [3.63, 3.8) is 0 Å². The Morgan fingerprint density at radius 1 is 1.36 bits per heavy atom. The lowest BCUT2D eigenvalue weighted by Gasteiger charge is -2.32. The molecule has 0 bridgehead atoms. The molecule has 0 N–H and O–H groups in total. The van der Waals surface area contributed by atoms with Crippen molar-refractivity contribution in [1.82, 2.24) is 20.3 Å². The first-order valence-corrected chi connectivity index (χ1v) is 7.31. The number of ether oxygens (including phenoxy) is 1. The zero-order chi connectivity index (χ0) is 15.5. The van der Waals surface area contributed by atoms with Crippen LogP contribution >= 0.6 is 0 Å². The first kappa shape index (κ1) is 14.5. The van der Waals surface area contributed by atoms with E-state index in [0.29, 0.717) is 30.3 Å². The second kappa shape index (κ2) is 6.13. The summed E-state index contributed by atoms with van der Waals surface area (Å²) in [6.45, 7) is 4.85. The topological polar surface area (TPSA) is 81.4 Å². The molecule has 3 rings (SSSR count). The zero-order valence-electron chi connectivity index (χ0n) is 12.7. The van der Waals surface area contributed by atoms with Gasteiger partial charge in [0.2, 0.25) is 5.88 Å². The lowest BCUT2D eigenvalue weighted by atomic mass is 10.1. The zero-order valence-corrected chi connectivity index (χ0v) is 12.7. The SMILES string of the molecule is Cc1ccc(O[C@H]2CCCN(C(=O)c3cnoc3C)C2)nn1. The number of rotatable bonds is 3. The van der Waals surface area contributed by atoms with Crippen LogP contribution in [0.25, 0.3) is 0 Å². The average Bonchev–Trinajstić information content (AvgIpc) is 2.95. The van der Waals surface area contributed by atoms with E-state index in [9.17, 15) is 4.79 Å². The Morgan fingerprint density at radius 3 is 2.91 bits per heavy atom. The van der Waals surface area contributed by atoms with Gasteiger partial charge in [0.25, 0.3) is 5.91 Å². The van der Waals surface area contributed by atoms with Crippen molar-refractivity contribution in [3.8, 4) is 5.88 Å². The summed E-state index contributed by atoms with van der Waals surface area (Å²) < 4.78 is 10.8. The Labute approximate surface area is 128 Å². The minimum absolute atomic E-state index is 0.0676. The molecule has 7 nitrogen and oxygen atoms in total. The molecule has 1 aliphatic heterocycles. The van der Waals surface area contributed by atoms with E-state index < -0.39 is 0 Å². The van der Waals surface area contributed by atoms with Crippen LogP contribution in [0.2, 0.25) is 0 Å². The molecule has 0 unspecified atom stereocenters. The minimum atomic E-state index is -0.0742. The molecule has 0 aromatic carbocycles. The molecule has 0 saturated carbocycles. The van der Waals surface area contributed by atoms with Crippen LogP contribution in [0.4, 0.5) is 0 Å². The van der Waals surface area contributed by atoms with E-state index in [0.717, 1.165) is 18.5 Å². The molecule has 0 spiro atoms. The van der Waals surface area contributed by atoms with Gasteiger partial charge in [-0.2, -0.15) is 5.10 Å². The molecule has 0 aliphatic carbocycles. The van der Waals surface area contributed by atoms with Gasteiger partial charge in [-0.15, -0.1) is 5.10 Å². The van der Waals surface area contributed by atoms with E-state index in [4.69, 9.17) is 9.26 Å². The van der Waals surface area contributed by atoms with Gasteiger partial charge < -0.3 is 14.2 Å². The van der Waals surface area contributed by atoms with Crippen molar-refractivity contribution < 1.29 is 14.1 Å². The van der Waals surface area contributed by atoms with Gasteiger partial charge in [0.1, 0.15) is 17.4 Å². The normalized spacial score (nSPS) is 18.3. The first-order valence-electron chi connectivity index (χ1n) is 7.31. The summed E-state index contributed by atoms with van der Waals surface area (Å²) in [5, 5.41) is 11.6. The lowest BCUT2D eigenvalue weighted by molar-refractivity contribution is 0.0524. The summed E-state index contributed by atoms with van der Waals surface area (Å²) in [6.07, 6.45) is 3.17. The molecule has 3 heterocycles. The highest BCUT2D eigenvalue weighted by molar-refractivity contribution is 5.94. The average molecular weight is 302 g/mol. The van der Waals surface area contributed by atoms with Crippen LogP contribution in [0.5, 0.6) is 5.88 Å². The third kappa shape index (κ3) is 3.08. The largest absolute Gasteiger partial charge is 0.471 e.